The highest BCUT2D eigenvalue weighted by atomic mass is 35.5. The molecule has 1 aliphatic rings. The van der Waals surface area contributed by atoms with Crippen LogP contribution in [0.5, 0.6) is 0 Å². The van der Waals surface area contributed by atoms with Gasteiger partial charge in [-0.15, -0.1) is 0 Å². The van der Waals surface area contributed by atoms with Crippen molar-refractivity contribution in [2.75, 3.05) is 0 Å². The van der Waals surface area contributed by atoms with E-state index in [2.05, 4.69) is 16.9 Å². The molecule has 2 aromatic rings. The molecule has 1 fully saturated rings. The second-order valence-corrected chi connectivity index (χ2v) is 7.51. The van der Waals surface area contributed by atoms with Crippen LogP contribution in [0.25, 0.3) is 0 Å². The maximum absolute atomic E-state index is 12.4. The predicted octanol–water partition coefficient (Wildman–Crippen LogP) is 4.25. The quantitative estimate of drug-likeness (QED) is 0.852. The molecule has 2 N–H and O–H groups in total. The molecule has 1 aliphatic carbocycles. The predicted molar refractivity (Wildman–Crippen MR) is 97.3 cm³/mol. The topological polar surface area (TPSA) is 65.7 Å². The second kappa shape index (κ2) is 7.16. The lowest BCUT2D eigenvalue weighted by atomic mass is 9.80. The van der Waals surface area contributed by atoms with E-state index < -0.39 is 5.69 Å². The number of hydrogen-bond donors (Lipinski definition) is 2. The fourth-order valence-electron chi connectivity index (χ4n) is 3.46. The van der Waals surface area contributed by atoms with Crippen LogP contribution in [0.2, 0.25) is 10.0 Å². The molecule has 0 unspecified atom stereocenters. The lowest BCUT2D eigenvalue weighted by molar-refractivity contribution is 0.342. The molecule has 128 valence electrons. The van der Waals surface area contributed by atoms with Gasteiger partial charge in [0.05, 0.1) is 0 Å². The smallest absolute Gasteiger partial charge is 0.311 e. The first-order chi connectivity index (χ1) is 11.4. The average molecular weight is 367 g/mol. The summed E-state index contributed by atoms with van der Waals surface area (Å²) < 4.78 is 0. The fraction of sp³-hybridized carbons (Fsp3) is 0.444. The van der Waals surface area contributed by atoms with Gasteiger partial charge in [-0.05, 0) is 42.4 Å². The van der Waals surface area contributed by atoms with Crippen molar-refractivity contribution >= 4 is 23.2 Å². The van der Waals surface area contributed by atoms with E-state index >= 15 is 0 Å². The minimum atomic E-state index is -0.445. The van der Waals surface area contributed by atoms with Crippen LogP contribution in [0.3, 0.4) is 0 Å². The third-order valence-electron chi connectivity index (χ3n) is 4.88. The van der Waals surface area contributed by atoms with Gasteiger partial charge in [-0.25, -0.2) is 4.79 Å². The van der Waals surface area contributed by atoms with Gasteiger partial charge in [0.25, 0.3) is 5.56 Å². The lowest BCUT2D eigenvalue weighted by Gasteiger charge is -2.27. The molecule has 0 atom stereocenters. The van der Waals surface area contributed by atoms with E-state index in [9.17, 15) is 9.59 Å². The highest BCUT2D eigenvalue weighted by Gasteiger charge is 2.24. The van der Waals surface area contributed by atoms with Crippen molar-refractivity contribution in [3.8, 4) is 0 Å². The van der Waals surface area contributed by atoms with Gasteiger partial charge in [0.1, 0.15) is 0 Å². The normalized spacial score (nSPS) is 21.0. The Morgan fingerprint density at radius 3 is 2.46 bits per heavy atom. The number of benzene rings is 1. The SMILES string of the molecule is C[C@H]1CC[C@H](c2[nH]c(=O)[nH]c(=O)c2Cc2ccc(Cl)cc2Cl)CC1. The first kappa shape index (κ1) is 17.3. The van der Waals surface area contributed by atoms with E-state index in [1.54, 1.807) is 12.1 Å². The van der Waals surface area contributed by atoms with Gasteiger partial charge in [0, 0.05) is 27.7 Å². The average Bonchev–Trinajstić information content (AvgIpc) is 2.52. The standard InChI is InChI=1S/C18H20Cl2N2O2/c1-10-2-4-11(5-3-10)16-14(17(23)22-18(24)21-16)8-12-6-7-13(19)9-15(12)20/h6-7,9-11H,2-5,8H2,1H3,(H2,21,22,23,24)/t10-,11-. The fourth-order valence-corrected chi connectivity index (χ4v) is 3.93. The Bertz CT molecular complexity index is 849. The number of hydrogen-bond acceptors (Lipinski definition) is 2. The number of halogens is 2. The molecule has 0 radical (unpaired) electrons. The van der Waals surface area contributed by atoms with Gasteiger partial charge in [0.15, 0.2) is 0 Å². The van der Waals surface area contributed by atoms with Gasteiger partial charge in [0.2, 0.25) is 0 Å². The number of aromatic amines is 2. The van der Waals surface area contributed by atoms with Crippen LogP contribution in [-0.4, -0.2) is 9.97 Å². The molecule has 0 aliphatic heterocycles. The molecule has 4 nitrogen and oxygen atoms in total. The van der Waals surface area contributed by atoms with Gasteiger partial charge >= 0.3 is 5.69 Å². The first-order valence-electron chi connectivity index (χ1n) is 8.23. The first-order valence-corrected chi connectivity index (χ1v) is 8.99. The summed E-state index contributed by atoms with van der Waals surface area (Å²) in [5.41, 5.74) is 1.40. The van der Waals surface area contributed by atoms with E-state index in [1.807, 2.05) is 6.07 Å². The van der Waals surface area contributed by atoms with E-state index in [1.165, 1.54) is 0 Å². The largest absolute Gasteiger partial charge is 0.325 e. The highest BCUT2D eigenvalue weighted by molar-refractivity contribution is 6.35. The van der Waals surface area contributed by atoms with Crippen LogP contribution in [0.15, 0.2) is 27.8 Å². The molecule has 0 bridgehead atoms. The lowest BCUT2D eigenvalue weighted by Crippen LogP contribution is -2.30. The van der Waals surface area contributed by atoms with E-state index in [4.69, 9.17) is 23.2 Å². The number of H-pyrrole nitrogens is 2. The van der Waals surface area contributed by atoms with Crippen LogP contribution in [-0.2, 0) is 6.42 Å². The summed E-state index contributed by atoms with van der Waals surface area (Å²) in [6, 6.07) is 5.24. The van der Waals surface area contributed by atoms with E-state index in [0.29, 0.717) is 27.9 Å². The third-order valence-corrected chi connectivity index (χ3v) is 5.47. The van der Waals surface area contributed by atoms with Crippen molar-refractivity contribution in [3.63, 3.8) is 0 Å². The summed E-state index contributed by atoms with van der Waals surface area (Å²) in [5, 5.41) is 1.08. The molecule has 0 amide bonds. The summed E-state index contributed by atoms with van der Waals surface area (Å²) in [6.07, 6.45) is 4.58. The Morgan fingerprint density at radius 2 is 1.79 bits per heavy atom. The molecule has 3 rings (SSSR count). The zero-order valence-corrected chi connectivity index (χ0v) is 15.0. The number of rotatable bonds is 3. The summed E-state index contributed by atoms with van der Waals surface area (Å²) in [7, 11) is 0. The Labute approximate surface area is 150 Å². The molecule has 1 heterocycles. The van der Waals surface area contributed by atoms with Crippen molar-refractivity contribution in [3.05, 3.63) is 65.9 Å². The van der Waals surface area contributed by atoms with Crippen LogP contribution in [0, 0.1) is 5.92 Å². The number of aromatic nitrogens is 2. The molecule has 0 saturated heterocycles. The van der Waals surface area contributed by atoms with Crippen LogP contribution in [0.4, 0.5) is 0 Å². The molecule has 6 heteroatoms. The van der Waals surface area contributed by atoms with E-state index in [0.717, 1.165) is 36.9 Å². The maximum Gasteiger partial charge on any atom is 0.325 e. The van der Waals surface area contributed by atoms with Crippen molar-refractivity contribution in [1.82, 2.24) is 9.97 Å². The Hall–Kier alpha value is -1.52. The van der Waals surface area contributed by atoms with Crippen LogP contribution < -0.4 is 11.2 Å². The summed E-state index contributed by atoms with van der Waals surface area (Å²) in [5.74, 6) is 0.918. The summed E-state index contributed by atoms with van der Waals surface area (Å²) >= 11 is 12.2. The van der Waals surface area contributed by atoms with Crippen LogP contribution >= 0.6 is 23.2 Å². The van der Waals surface area contributed by atoms with Crippen molar-refractivity contribution in [2.45, 2.75) is 44.9 Å². The molecular weight excluding hydrogens is 347 g/mol. The van der Waals surface area contributed by atoms with Gasteiger partial charge in [-0.3, -0.25) is 9.78 Å². The monoisotopic (exact) mass is 366 g/mol. The molecule has 1 aromatic carbocycles. The van der Waals surface area contributed by atoms with Gasteiger partial charge < -0.3 is 4.98 Å². The zero-order valence-electron chi connectivity index (χ0n) is 13.5. The minimum Gasteiger partial charge on any atom is -0.311 e. The van der Waals surface area contributed by atoms with Gasteiger partial charge in [-0.2, -0.15) is 0 Å². The van der Waals surface area contributed by atoms with Crippen LogP contribution in [0.1, 0.15) is 55.3 Å². The molecule has 1 aromatic heterocycles. The molecular formula is C18H20Cl2N2O2. The zero-order chi connectivity index (χ0) is 17.3. The minimum absolute atomic E-state index is 0.220. The molecule has 24 heavy (non-hydrogen) atoms. The Kier molecular flexibility index (Phi) is 5.16. The Balaban J connectivity index is 2.00. The molecule has 1 saturated carbocycles. The molecule has 0 spiro atoms. The second-order valence-electron chi connectivity index (χ2n) is 6.67. The maximum atomic E-state index is 12.4. The third kappa shape index (κ3) is 3.76. The van der Waals surface area contributed by atoms with Gasteiger partial charge in [-0.1, -0.05) is 49.0 Å². The van der Waals surface area contributed by atoms with Crippen molar-refractivity contribution in [2.24, 2.45) is 5.92 Å². The van der Waals surface area contributed by atoms with E-state index in [-0.39, 0.29) is 11.5 Å². The summed E-state index contributed by atoms with van der Waals surface area (Å²) in [4.78, 5) is 29.4. The van der Waals surface area contributed by atoms with Crippen molar-refractivity contribution < 1.29 is 0 Å². The van der Waals surface area contributed by atoms with Crippen molar-refractivity contribution in [1.29, 1.82) is 0 Å². The summed E-state index contributed by atoms with van der Waals surface area (Å²) in [6.45, 7) is 2.24. The Morgan fingerprint density at radius 1 is 1.08 bits per heavy atom. The highest BCUT2D eigenvalue weighted by Crippen LogP contribution is 2.35. The number of nitrogens with one attached hydrogen (secondary N) is 2.